The van der Waals surface area contributed by atoms with E-state index in [-0.39, 0.29) is 28.6 Å². The number of nitrogens with zero attached hydrogens (tertiary/aromatic N) is 1. The Bertz CT molecular complexity index is 1010. The summed E-state index contributed by atoms with van der Waals surface area (Å²) in [7, 11) is -3.66. The molecule has 1 N–H and O–H groups in total. The molecule has 0 spiro atoms. The molecular formula is C23H29ClN2O4S. The van der Waals surface area contributed by atoms with Crippen molar-refractivity contribution >= 4 is 27.5 Å². The van der Waals surface area contributed by atoms with Gasteiger partial charge in [-0.25, -0.2) is 8.42 Å². The van der Waals surface area contributed by atoms with Crippen molar-refractivity contribution < 1.29 is 17.9 Å². The van der Waals surface area contributed by atoms with Gasteiger partial charge in [-0.05, 0) is 68.1 Å². The Kier molecular flexibility index (Phi) is 7.97. The first-order valence-electron chi connectivity index (χ1n) is 10.6. The molecule has 2 aromatic carbocycles. The number of halogens is 1. The largest absolute Gasteiger partial charge is 0.492 e. The molecular weight excluding hydrogens is 436 g/mol. The summed E-state index contributed by atoms with van der Waals surface area (Å²) >= 11 is 6.20. The minimum Gasteiger partial charge on any atom is -0.492 e. The standard InChI is InChI=1S/C23H29ClN2O4S/c1-17-13-18(2)15-19(14-17)30-12-9-25-23(27)21-16-20(7-8-22(21)24)31(28,29)26-10-5-3-4-6-11-26/h7-8,13-16H,3-6,9-12H2,1-2H3,(H,25,27). The van der Waals surface area contributed by atoms with Crippen LogP contribution >= 0.6 is 11.6 Å². The molecule has 168 valence electrons. The van der Waals surface area contributed by atoms with E-state index in [2.05, 4.69) is 11.4 Å². The van der Waals surface area contributed by atoms with Crippen molar-refractivity contribution in [3.05, 3.63) is 58.1 Å². The van der Waals surface area contributed by atoms with E-state index in [4.69, 9.17) is 16.3 Å². The topological polar surface area (TPSA) is 75.7 Å². The first-order valence-corrected chi connectivity index (χ1v) is 12.4. The average molecular weight is 465 g/mol. The van der Waals surface area contributed by atoms with Crippen LogP contribution in [-0.2, 0) is 10.0 Å². The number of carbonyl (C=O) groups is 1. The van der Waals surface area contributed by atoms with Crippen LogP contribution in [0.4, 0.5) is 0 Å². The maximum Gasteiger partial charge on any atom is 0.252 e. The highest BCUT2D eigenvalue weighted by atomic mass is 35.5. The fourth-order valence-corrected chi connectivity index (χ4v) is 5.46. The van der Waals surface area contributed by atoms with E-state index in [1.165, 1.54) is 22.5 Å². The van der Waals surface area contributed by atoms with E-state index in [0.29, 0.717) is 13.1 Å². The molecule has 0 radical (unpaired) electrons. The number of ether oxygens (including phenoxy) is 1. The number of hydrogen-bond acceptors (Lipinski definition) is 4. The Hall–Kier alpha value is -2.09. The molecule has 1 aliphatic heterocycles. The normalized spacial score (nSPS) is 15.3. The van der Waals surface area contributed by atoms with Gasteiger partial charge in [-0.3, -0.25) is 4.79 Å². The molecule has 0 bridgehead atoms. The summed E-state index contributed by atoms with van der Waals surface area (Å²) in [6.45, 7) is 5.56. The summed E-state index contributed by atoms with van der Waals surface area (Å²) in [5.74, 6) is 0.317. The molecule has 0 saturated carbocycles. The van der Waals surface area contributed by atoms with Crippen LogP contribution in [0.3, 0.4) is 0 Å². The molecule has 1 aliphatic rings. The van der Waals surface area contributed by atoms with E-state index in [1.54, 1.807) is 0 Å². The Labute approximate surface area is 189 Å². The Morgan fingerprint density at radius 2 is 1.68 bits per heavy atom. The van der Waals surface area contributed by atoms with E-state index in [9.17, 15) is 13.2 Å². The molecule has 1 amide bonds. The van der Waals surface area contributed by atoms with Crippen molar-refractivity contribution in [3.63, 3.8) is 0 Å². The zero-order valence-corrected chi connectivity index (χ0v) is 19.6. The van der Waals surface area contributed by atoms with Crippen LogP contribution in [0.25, 0.3) is 0 Å². The number of sulfonamides is 1. The molecule has 0 aliphatic carbocycles. The maximum atomic E-state index is 13.0. The Morgan fingerprint density at radius 3 is 2.32 bits per heavy atom. The van der Waals surface area contributed by atoms with Crippen LogP contribution in [0.15, 0.2) is 41.3 Å². The van der Waals surface area contributed by atoms with E-state index in [1.807, 2.05) is 26.0 Å². The minimum atomic E-state index is -3.66. The lowest BCUT2D eigenvalue weighted by Crippen LogP contribution is -2.32. The predicted octanol–water partition coefficient (Wildman–Crippen LogP) is 4.33. The molecule has 0 unspecified atom stereocenters. The van der Waals surface area contributed by atoms with Crippen LogP contribution in [0.2, 0.25) is 5.02 Å². The van der Waals surface area contributed by atoms with Gasteiger partial charge in [0.25, 0.3) is 5.91 Å². The van der Waals surface area contributed by atoms with Gasteiger partial charge in [0.2, 0.25) is 10.0 Å². The summed E-state index contributed by atoms with van der Waals surface area (Å²) < 4.78 is 33.3. The van der Waals surface area contributed by atoms with Crippen molar-refractivity contribution in [2.45, 2.75) is 44.4 Å². The highest BCUT2D eigenvalue weighted by molar-refractivity contribution is 7.89. The van der Waals surface area contributed by atoms with Crippen LogP contribution in [-0.4, -0.2) is 44.9 Å². The van der Waals surface area contributed by atoms with Crippen LogP contribution in [0, 0.1) is 13.8 Å². The fraction of sp³-hybridized carbons (Fsp3) is 0.435. The third-order valence-corrected chi connectivity index (χ3v) is 7.46. The van der Waals surface area contributed by atoms with Crippen LogP contribution in [0.5, 0.6) is 5.75 Å². The number of benzene rings is 2. The van der Waals surface area contributed by atoms with E-state index in [0.717, 1.165) is 42.6 Å². The van der Waals surface area contributed by atoms with Crippen molar-refractivity contribution in [1.82, 2.24) is 9.62 Å². The molecule has 0 atom stereocenters. The van der Waals surface area contributed by atoms with Crippen molar-refractivity contribution in [2.24, 2.45) is 0 Å². The molecule has 8 heteroatoms. The number of rotatable bonds is 7. The smallest absolute Gasteiger partial charge is 0.252 e. The zero-order chi connectivity index (χ0) is 22.4. The van der Waals surface area contributed by atoms with Gasteiger partial charge < -0.3 is 10.1 Å². The van der Waals surface area contributed by atoms with Crippen molar-refractivity contribution in [2.75, 3.05) is 26.2 Å². The molecule has 0 aromatic heterocycles. The third kappa shape index (κ3) is 6.21. The molecule has 1 saturated heterocycles. The van der Waals surface area contributed by atoms with Crippen LogP contribution < -0.4 is 10.1 Å². The van der Waals surface area contributed by atoms with Gasteiger partial charge in [-0.15, -0.1) is 0 Å². The Morgan fingerprint density at radius 1 is 1.03 bits per heavy atom. The highest BCUT2D eigenvalue weighted by Gasteiger charge is 2.26. The summed E-state index contributed by atoms with van der Waals surface area (Å²) in [5.41, 5.74) is 2.35. The first kappa shape index (κ1) is 23.6. The highest BCUT2D eigenvalue weighted by Crippen LogP contribution is 2.25. The van der Waals surface area contributed by atoms with Gasteiger partial charge in [0.05, 0.1) is 22.0 Å². The molecule has 1 heterocycles. The lowest BCUT2D eigenvalue weighted by molar-refractivity contribution is 0.0947. The van der Waals surface area contributed by atoms with Gasteiger partial charge in [0, 0.05) is 13.1 Å². The van der Waals surface area contributed by atoms with E-state index >= 15 is 0 Å². The zero-order valence-electron chi connectivity index (χ0n) is 18.0. The number of amides is 1. The molecule has 2 aromatic rings. The number of nitrogens with one attached hydrogen (secondary N) is 1. The van der Waals surface area contributed by atoms with Gasteiger partial charge in [0.15, 0.2) is 0 Å². The monoisotopic (exact) mass is 464 g/mol. The van der Waals surface area contributed by atoms with Crippen LogP contribution in [0.1, 0.15) is 47.2 Å². The maximum absolute atomic E-state index is 13.0. The predicted molar refractivity (Wildman–Crippen MR) is 122 cm³/mol. The fourth-order valence-electron chi connectivity index (χ4n) is 3.71. The SMILES string of the molecule is Cc1cc(C)cc(OCCNC(=O)c2cc(S(=O)(=O)N3CCCCCC3)ccc2Cl)c1. The number of hydrogen-bond donors (Lipinski definition) is 1. The third-order valence-electron chi connectivity index (χ3n) is 5.24. The lowest BCUT2D eigenvalue weighted by Gasteiger charge is -2.20. The van der Waals surface area contributed by atoms with Gasteiger partial charge >= 0.3 is 0 Å². The van der Waals surface area contributed by atoms with Crippen molar-refractivity contribution in [1.29, 1.82) is 0 Å². The molecule has 3 rings (SSSR count). The van der Waals surface area contributed by atoms with Gasteiger partial charge in [0.1, 0.15) is 12.4 Å². The second-order valence-electron chi connectivity index (χ2n) is 7.89. The van der Waals surface area contributed by atoms with Crippen molar-refractivity contribution in [3.8, 4) is 5.75 Å². The second-order valence-corrected chi connectivity index (χ2v) is 10.2. The summed E-state index contributed by atoms with van der Waals surface area (Å²) in [5, 5.41) is 2.96. The summed E-state index contributed by atoms with van der Waals surface area (Å²) in [6, 6.07) is 10.2. The minimum absolute atomic E-state index is 0.0930. The van der Waals surface area contributed by atoms with Gasteiger partial charge in [-0.1, -0.05) is 30.5 Å². The van der Waals surface area contributed by atoms with E-state index < -0.39 is 15.9 Å². The Balaban J connectivity index is 1.64. The number of carbonyl (C=O) groups excluding carboxylic acids is 1. The molecule has 1 fully saturated rings. The second kappa shape index (κ2) is 10.5. The number of aryl methyl sites for hydroxylation is 2. The molecule has 6 nitrogen and oxygen atoms in total. The molecule has 31 heavy (non-hydrogen) atoms. The lowest BCUT2D eigenvalue weighted by atomic mass is 10.1. The summed E-state index contributed by atoms with van der Waals surface area (Å²) in [4.78, 5) is 12.7. The quantitative estimate of drug-likeness (QED) is 0.619. The average Bonchev–Trinajstić information content (AvgIpc) is 3.01. The first-order chi connectivity index (χ1) is 14.8. The van der Waals surface area contributed by atoms with Gasteiger partial charge in [-0.2, -0.15) is 4.31 Å². The summed E-state index contributed by atoms with van der Waals surface area (Å²) in [6.07, 6.45) is 3.76.